The summed E-state index contributed by atoms with van der Waals surface area (Å²) in [5.41, 5.74) is 5.72. The van der Waals surface area contributed by atoms with E-state index in [0.717, 1.165) is 6.54 Å². The number of thiazole rings is 1. The van der Waals surface area contributed by atoms with Gasteiger partial charge < -0.3 is 16.4 Å². The Morgan fingerprint density at radius 1 is 1.58 bits per heavy atom. The summed E-state index contributed by atoms with van der Waals surface area (Å²) in [6, 6.07) is -0.0412. The van der Waals surface area contributed by atoms with Gasteiger partial charge in [0.15, 0.2) is 5.13 Å². The van der Waals surface area contributed by atoms with Crippen molar-refractivity contribution in [2.24, 2.45) is 0 Å². The zero-order valence-electron chi connectivity index (χ0n) is 11.4. The maximum absolute atomic E-state index is 12.0. The quantitative estimate of drug-likeness (QED) is 0.699. The number of anilines is 2. The highest BCUT2D eigenvalue weighted by molar-refractivity contribution is 7.84. The monoisotopic (exact) mass is 304 g/mol. The zero-order chi connectivity index (χ0) is 14.4. The van der Waals surface area contributed by atoms with Crippen molar-refractivity contribution in [2.75, 3.05) is 29.6 Å². The molecule has 6 nitrogen and oxygen atoms in total. The van der Waals surface area contributed by atoms with Crippen LogP contribution in [-0.4, -0.2) is 39.7 Å². The first-order valence-electron chi connectivity index (χ1n) is 6.05. The molecule has 1 rings (SSSR count). The van der Waals surface area contributed by atoms with Gasteiger partial charge in [-0.15, -0.1) is 0 Å². The minimum absolute atomic E-state index is 0.0412. The van der Waals surface area contributed by atoms with Crippen molar-refractivity contribution in [1.29, 1.82) is 0 Å². The maximum Gasteiger partial charge on any atom is 0.265 e. The smallest absolute Gasteiger partial charge is 0.265 e. The predicted octanol–water partition coefficient (Wildman–Crippen LogP) is 1.04. The van der Waals surface area contributed by atoms with Crippen molar-refractivity contribution in [1.82, 2.24) is 10.3 Å². The molecule has 0 aliphatic rings. The Hall–Kier alpha value is -1.15. The molecule has 0 fully saturated rings. The molecule has 0 aliphatic heterocycles. The molecule has 1 heterocycles. The molecule has 0 saturated carbocycles. The summed E-state index contributed by atoms with van der Waals surface area (Å²) >= 11 is 1.24. The molecular formula is C11H20N4O2S2. The number of carbonyl (C=O) groups excluding carboxylic acids is 1. The van der Waals surface area contributed by atoms with Gasteiger partial charge in [0.2, 0.25) is 0 Å². The number of hydrogen-bond acceptors (Lipinski definition) is 6. The van der Waals surface area contributed by atoms with Crippen LogP contribution in [0.4, 0.5) is 10.9 Å². The van der Waals surface area contributed by atoms with Crippen molar-refractivity contribution in [3.63, 3.8) is 0 Å². The van der Waals surface area contributed by atoms with Gasteiger partial charge in [-0.05, 0) is 20.3 Å². The van der Waals surface area contributed by atoms with E-state index in [0.29, 0.717) is 22.2 Å². The van der Waals surface area contributed by atoms with Crippen LogP contribution in [0, 0.1) is 0 Å². The first-order chi connectivity index (χ1) is 8.93. The van der Waals surface area contributed by atoms with Crippen LogP contribution in [0.2, 0.25) is 0 Å². The third kappa shape index (κ3) is 5.15. The lowest BCUT2D eigenvalue weighted by Crippen LogP contribution is -2.33. The van der Waals surface area contributed by atoms with Crippen LogP contribution in [0.5, 0.6) is 0 Å². The highest BCUT2D eigenvalue weighted by Crippen LogP contribution is 2.24. The second-order valence-electron chi connectivity index (χ2n) is 4.20. The third-order valence-electron chi connectivity index (χ3n) is 2.40. The van der Waals surface area contributed by atoms with Crippen LogP contribution >= 0.6 is 11.3 Å². The SMILES string of the molecule is CCNc1nc(N)c(C(=O)NC(C)CCS(C)=O)s1. The average Bonchev–Trinajstić information content (AvgIpc) is 2.68. The summed E-state index contributed by atoms with van der Waals surface area (Å²) in [4.78, 5) is 16.5. The number of hydrogen-bond donors (Lipinski definition) is 3. The average molecular weight is 304 g/mol. The van der Waals surface area contributed by atoms with E-state index >= 15 is 0 Å². The Balaban J connectivity index is 2.59. The van der Waals surface area contributed by atoms with Crippen molar-refractivity contribution in [2.45, 2.75) is 26.3 Å². The molecule has 1 aromatic rings. The van der Waals surface area contributed by atoms with Crippen LogP contribution in [0.15, 0.2) is 0 Å². The topological polar surface area (TPSA) is 97.1 Å². The maximum atomic E-state index is 12.0. The molecule has 8 heteroatoms. The number of nitrogens with one attached hydrogen (secondary N) is 2. The first kappa shape index (κ1) is 15.9. The molecule has 19 heavy (non-hydrogen) atoms. The summed E-state index contributed by atoms with van der Waals surface area (Å²) in [7, 11) is -0.844. The van der Waals surface area contributed by atoms with Gasteiger partial charge in [-0.1, -0.05) is 11.3 Å². The zero-order valence-corrected chi connectivity index (χ0v) is 13.0. The number of nitrogen functional groups attached to an aromatic ring is 1. The summed E-state index contributed by atoms with van der Waals surface area (Å²) in [5, 5.41) is 6.51. The van der Waals surface area contributed by atoms with Crippen molar-refractivity contribution in [3.05, 3.63) is 4.88 Å². The molecule has 0 spiro atoms. The molecule has 0 radical (unpaired) electrons. The molecule has 1 amide bonds. The van der Waals surface area contributed by atoms with Crippen LogP contribution in [0.3, 0.4) is 0 Å². The van der Waals surface area contributed by atoms with Crippen LogP contribution < -0.4 is 16.4 Å². The second-order valence-corrected chi connectivity index (χ2v) is 6.76. The first-order valence-corrected chi connectivity index (χ1v) is 8.59. The van der Waals surface area contributed by atoms with Gasteiger partial charge in [-0.25, -0.2) is 4.98 Å². The molecule has 4 N–H and O–H groups in total. The van der Waals surface area contributed by atoms with Gasteiger partial charge in [0.05, 0.1) is 0 Å². The normalized spacial score (nSPS) is 13.8. The minimum atomic E-state index is -0.844. The minimum Gasteiger partial charge on any atom is -0.382 e. The molecule has 108 valence electrons. The van der Waals surface area contributed by atoms with Crippen molar-refractivity contribution in [3.8, 4) is 0 Å². The lowest BCUT2D eigenvalue weighted by atomic mass is 10.2. The summed E-state index contributed by atoms with van der Waals surface area (Å²) < 4.78 is 11.0. The third-order valence-corrected chi connectivity index (χ3v) is 4.24. The largest absolute Gasteiger partial charge is 0.382 e. The van der Waals surface area contributed by atoms with Crippen LogP contribution in [-0.2, 0) is 10.8 Å². The Morgan fingerprint density at radius 3 is 2.84 bits per heavy atom. The molecule has 0 aromatic carbocycles. The Morgan fingerprint density at radius 2 is 2.26 bits per heavy atom. The lowest BCUT2D eigenvalue weighted by Gasteiger charge is -2.12. The lowest BCUT2D eigenvalue weighted by molar-refractivity contribution is 0.0944. The molecular weight excluding hydrogens is 284 g/mol. The molecule has 2 unspecified atom stereocenters. The van der Waals surface area contributed by atoms with Crippen LogP contribution in [0.25, 0.3) is 0 Å². The standard InChI is InChI=1S/C11H20N4O2S2/c1-4-13-11-15-9(12)8(18-11)10(16)14-7(2)5-6-19(3)17/h7H,4-6,12H2,1-3H3,(H,13,15)(H,14,16). The molecule has 0 aliphatic carbocycles. The fourth-order valence-corrected chi connectivity index (χ4v) is 2.97. The van der Waals surface area contributed by atoms with E-state index in [1.54, 1.807) is 6.26 Å². The van der Waals surface area contributed by atoms with Gasteiger partial charge in [0.1, 0.15) is 10.7 Å². The second kappa shape index (κ2) is 7.44. The molecule has 0 saturated heterocycles. The highest BCUT2D eigenvalue weighted by atomic mass is 32.2. The number of rotatable bonds is 7. The number of nitrogens with two attached hydrogens (primary N) is 1. The van der Waals surface area contributed by atoms with E-state index in [1.165, 1.54) is 11.3 Å². The van der Waals surface area contributed by atoms with E-state index in [4.69, 9.17) is 5.73 Å². The van der Waals surface area contributed by atoms with Gasteiger partial charge >= 0.3 is 0 Å². The summed E-state index contributed by atoms with van der Waals surface area (Å²) in [5.74, 6) is 0.584. The predicted molar refractivity (Wildman–Crippen MR) is 81.2 cm³/mol. The fourth-order valence-electron chi connectivity index (χ4n) is 1.43. The Bertz CT molecular complexity index is 462. The number of nitrogens with zero attached hydrogens (tertiary/aromatic N) is 1. The van der Waals surface area contributed by atoms with Crippen molar-refractivity contribution >= 4 is 39.0 Å². The molecule has 0 bridgehead atoms. The molecule has 2 atom stereocenters. The van der Waals surface area contributed by atoms with E-state index in [2.05, 4.69) is 15.6 Å². The summed E-state index contributed by atoms with van der Waals surface area (Å²) in [6.07, 6.45) is 2.33. The van der Waals surface area contributed by atoms with Gasteiger partial charge in [0, 0.05) is 35.4 Å². The van der Waals surface area contributed by atoms with Gasteiger partial charge in [0.25, 0.3) is 5.91 Å². The fraction of sp³-hybridized carbons (Fsp3) is 0.636. The van der Waals surface area contributed by atoms with E-state index in [9.17, 15) is 9.00 Å². The van der Waals surface area contributed by atoms with Gasteiger partial charge in [-0.3, -0.25) is 9.00 Å². The van der Waals surface area contributed by atoms with E-state index < -0.39 is 10.8 Å². The van der Waals surface area contributed by atoms with E-state index in [1.807, 2.05) is 13.8 Å². The number of carbonyl (C=O) groups is 1. The summed E-state index contributed by atoms with van der Waals surface area (Å²) in [6.45, 7) is 4.56. The van der Waals surface area contributed by atoms with Gasteiger partial charge in [-0.2, -0.15) is 0 Å². The molecule has 1 aromatic heterocycles. The Labute approximate surface area is 119 Å². The van der Waals surface area contributed by atoms with E-state index in [-0.39, 0.29) is 17.8 Å². The van der Waals surface area contributed by atoms with Crippen LogP contribution in [0.1, 0.15) is 29.9 Å². The highest BCUT2D eigenvalue weighted by Gasteiger charge is 2.17. The Kier molecular flexibility index (Phi) is 6.23. The number of aromatic nitrogens is 1. The number of amides is 1. The van der Waals surface area contributed by atoms with Crippen molar-refractivity contribution < 1.29 is 9.00 Å².